The van der Waals surface area contributed by atoms with E-state index in [0.29, 0.717) is 18.5 Å². The minimum atomic E-state index is 0.315. The lowest BCUT2D eigenvalue weighted by atomic mass is 10.1. The summed E-state index contributed by atoms with van der Waals surface area (Å²) in [6.45, 7) is 4.88. The van der Waals surface area contributed by atoms with Gasteiger partial charge in [-0.3, -0.25) is 4.98 Å². The van der Waals surface area contributed by atoms with Crippen LogP contribution in [0.15, 0.2) is 60.8 Å². The molecule has 0 aliphatic rings. The second kappa shape index (κ2) is 8.24. The largest absolute Gasteiger partial charge is 0.364 e. The number of nitrogens with one attached hydrogen (secondary N) is 2. The number of hydrogen-bond donors (Lipinski definition) is 2. The van der Waals surface area contributed by atoms with E-state index in [1.807, 2.05) is 42.5 Å². The smallest absolute Gasteiger partial charge is 0.225 e. The van der Waals surface area contributed by atoms with E-state index < -0.39 is 0 Å². The van der Waals surface area contributed by atoms with Crippen molar-refractivity contribution in [1.29, 1.82) is 0 Å². The lowest BCUT2D eigenvalue weighted by Crippen LogP contribution is -2.16. The first-order valence-electron chi connectivity index (χ1n) is 8.59. The van der Waals surface area contributed by atoms with Gasteiger partial charge in [-0.25, -0.2) is 4.98 Å². The van der Waals surface area contributed by atoms with Crippen molar-refractivity contribution >= 4 is 11.8 Å². The predicted molar refractivity (Wildman–Crippen MR) is 102 cm³/mol. The highest BCUT2D eigenvalue weighted by Crippen LogP contribution is 2.22. The number of benzene rings is 1. The van der Waals surface area contributed by atoms with Gasteiger partial charge in [-0.1, -0.05) is 43.3 Å². The average molecular weight is 333 g/mol. The Morgan fingerprint density at radius 2 is 1.80 bits per heavy atom. The molecule has 0 bridgehead atoms. The van der Waals surface area contributed by atoms with Crippen molar-refractivity contribution in [3.8, 4) is 11.3 Å². The third-order valence-corrected chi connectivity index (χ3v) is 3.96. The summed E-state index contributed by atoms with van der Waals surface area (Å²) in [6.07, 6.45) is 2.80. The predicted octanol–water partition coefficient (Wildman–Crippen LogP) is 4.36. The molecule has 0 amide bonds. The molecule has 0 saturated heterocycles. The van der Waals surface area contributed by atoms with Crippen LogP contribution in [-0.4, -0.2) is 21.0 Å². The third-order valence-electron chi connectivity index (χ3n) is 3.96. The first-order chi connectivity index (χ1) is 12.2. The maximum absolute atomic E-state index is 4.67. The number of anilines is 2. The highest BCUT2D eigenvalue weighted by atomic mass is 15.2. The van der Waals surface area contributed by atoms with Gasteiger partial charge in [0.15, 0.2) is 0 Å². The van der Waals surface area contributed by atoms with E-state index in [2.05, 4.69) is 51.6 Å². The molecule has 1 aromatic carbocycles. The van der Waals surface area contributed by atoms with E-state index >= 15 is 0 Å². The van der Waals surface area contributed by atoms with Gasteiger partial charge in [0.2, 0.25) is 5.95 Å². The van der Waals surface area contributed by atoms with Crippen molar-refractivity contribution in [2.75, 3.05) is 10.6 Å². The lowest BCUT2D eigenvalue weighted by Gasteiger charge is -2.14. The average Bonchev–Trinajstić information content (AvgIpc) is 2.67. The standard InChI is InChI=1S/C20H23N5/c1-3-15(2)23-20-24-18(16-9-5-4-6-10-16)13-19(25-20)22-14-17-11-7-8-12-21-17/h4-13,15H,3,14H2,1-2H3,(H2,22,23,24,25). The number of rotatable bonds is 7. The molecule has 3 rings (SSSR count). The Kier molecular flexibility index (Phi) is 5.57. The van der Waals surface area contributed by atoms with Crippen LogP contribution in [0, 0.1) is 0 Å². The van der Waals surface area contributed by atoms with Crippen molar-refractivity contribution in [2.24, 2.45) is 0 Å². The Morgan fingerprint density at radius 3 is 2.52 bits per heavy atom. The summed E-state index contributed by atoms with van der Waals surface area (Å²) in [5.41, 5.74) is 2.93. The normalized spacial score (nSPS) is 11.8. The van der Waals surface area contributed by atoms with E-state index in [0.717, 1.165) is 29.2 Å². The maximum Gasteiger partial charge on any atom is 0.225 e. The second-order valence-electron chi connectivity index (χ2n) is 5.96. The van der Waals surface area contributed by atoms with E-state index in [4.69, 9.17) is 0 Å². The molecule has 5 heteroatoms. The fraction of sp³-hybridized carbons (Fsp3) is 0.250. The zero-order chi connectivity index (χ0) is 17.5. The van der Waals surface area contributed by atoms with Gasteiger partial charge in [-0.2, -0.15) is 4.98 Å². The Morgan fingerprint density at radius 1 is 1.00 bits per heavy atom. The Bertz CT molecular complexity index is 790. The second-order valence-corrected chi connectivity index (χ2v) is 5.96. The summed E-state index contributed by atoms with van der Waals surface area (Å²) in [6, 6.07) is 18.3. The minimum Gasteiger partial charge on any atom is -0.364 e. The summed E-state index contributed by atoms with van der Waals surface area (Å²) in [7, 11) is 0. The molecule has 0 fully saturated rings. The molecule has 0 saturated carbocycles. The number of aromatic nitrogens is 3. The van der Waals surface area contributed by atoms with Crippen LogP contribution in [0.5, 0.6) is 0 Å². The molecule has 0 spiro atoms. The summed E-state index contributed by atoms with van der Waals surface area (Å²) in [5.74, 6) is 1.42. The maximum atomic E-state index is 4.67. The van der Waals surface area contributed by atoms with Crippen LogP contribution in [0.2, 0.25) is 0 Å². The fourth-order valence-corrected chi connectivity index (χ4v) is 2.37. The first kappa shape index (κ1) is 16.9. The monoisotopic (exact) mass is 333 g/mol. The first-order valence-corrected chi connectivity index (χ1v) is 8.59. The quantitative estimate of drug-likeness (QED) is 0.672. The van der Waals surface area contributed by atoms with Gasteiger partial charge >= 0.3 is 0 Å². The van der Waals surface area contributed by atoms with Gasteiger partial charge in [0.1, 0.15) is 5.82 Å². The van der Waals surface area contributed by atoms with Crippen LogP contribution in [0.1, 0.15) is 26.0 Å². The summed E-state index contributed by atoms with van der Waals surface area (Å²) in [4.78, 5) is 13.6. The molecule has 1 unspecified atom stereocenters. The van der Waals surface area contributed by atoms with Crippen molar-refractivity contribution < 1.29 is 0 Å². The molecule has 2 heterocycles. The summed E-state index contributed by atoms with van der Waals surface area (Å²) in [5, 5.41) is 6.71. The molecule has 5 nitrogen and oxygen atoms in total. The molecule has 2 aromatic heterocycles. The van der Waals surface area contributed by atoms with Crippen LogP contribution >= 0.6 is 0 Å². The third kappa shape index (κ3) is 4.76. The Labute approximate surface area is 148 Å². The molecule has 0 aliphatic heterocycles. The molecule has 1 atom stereocenters. The van der Waals surface area contributed by atoms with Gasteiger partial charge in [-0.05, 0) is 25.5 Å². The molecule has 0 aliphatic carbocycles. The summed E-state index contributed by atoms with van der Waals surface area (Å²) < 4.78 is 0. The number of pyridine rings is 1. The molecular formula is C20H23N5. The zero-order valence-corrected chi connectivity index (χ0v) is 14.6. The SMILES string of the molecule is CCC(C)Nc1nc(NCc2ccccn2)cc(-c2ccccc2)n1. The fourth-order valence-electron chi connectivity index (χ4n) is 2.37. The van der Waals surface area contributed by atoms with Gasteiger partial charge in [0.25, 0.3) is 0 Å². The van der Waals surface area contributed by atoms with E-state index in [9.17, 15) is 0 Å². The number of nitrogens with zero attached hydrogens (tertiary/aromatic N) is 3. The van der Waals surface area contributed by atoms with E-state index in [-0.39, 0.29) is 0 Å². The summed E-state index contributed by atoms with van der Waals surface area (Å²) >= 11 is 0. The van der Waals surface area contributed by atoms with Gasteiger partial charge in [0, 0.05) is 23.9 Å². The van der Waals surface area contributed by atoms with Crippen LogP contribution < -0.4 is 10.6 Å². The Hall–Kier alpha value is -2.95. The topological polar surface area (TPSA) is 62.7 Å². The zero-order valence-electron chi connectivity index (χ0n) is 14.6. The molecule has 2 N–H and O–H groups in total. The van der Waals surface area contributed by atoms with Gasteiger partial charge in [-0.15, -0.1) is 0 Å². The molecular weight excluding hydrogens is 310 g/mol. The highest BCUT2D eigenvalue weighted by Gasteiger charge is 2.09. The number of hydrogen-bond acceptors (Lipinski definition) is 5. The van der Waals surface area contributed by atoms with Crippen molar-refractivity contribution in [3.05, 3.63) is 66.5 Å². The van der Waals surface area contributed by atoms with Crippen LogP contribution in [0.4, 0.5) is 11.8 Å². The lowest BCUT2D eigenvalue weighted by molar-refractivity contribution is 0.753. The van der Waals surface area contributed by atoms with Crippen LogP contribution in [0.3, 0.4) is 0 Å². The van der Waals surface area contributed by atoms with E-state index in [1.54, 1.807) is 6.20 Å². The Balaban J connectivity index is 1.86. The van der Waals surface area contributed by atoms with E-state index in [1.165, 1.54) is 0 Å². The molecule has 25 heavy (non-hydrogen) atoms. The van der Waals surface area contributed by atoms with Gasteiger partial charge < -0.3 is 10.6 Å². The van der Waals surface area contributed by atoms with Crippen molar-refractivity contribution in [2.45, 2.75) is 32.9 Å². The highest BCUT2D eigenvalue weighted by molar-refractivity contribution is 5.64. The minimum absolute atomic E-state index is 0.315. The van der Waals surface area contributed by atoms with Crippen molar-refractivity contribution in [1.82, 2.24) is 15.0 Å². The molecule has 128 valence electrons. The van der Waals surface area contributed by atoms with Crippen LogP contribution in [-0.2, 0) is 6.54 Å². The van der Waals surface area contributed by atoms with Gasteiger partial charge in [0.05, 0.1) is 17.9 Å². The molecule has 0 radical (unpaired) electrons. The van der Waals surface area contributed by atoms with Crippen molar-refractivity contribution in [3.63, 3.8) is 0 Å². The molecule has 3 aromatic rings. The van der Waals surface area contributed by atoms with Crippen LogP contribution in [0.25, 0.3) is 11.3 Å².